The van der Waals surface area contributed by atoms with Gasteiger partial charge in [0.1, 0.15) is 18.2 Å². The summed E-state index contributed by atoms with van der Waals surface area (Å²) in [5.74, 6) is 0.307. The van der Waals surface area contributed by atoms with E-state index in [1.807, 2.05) is 23.9 Å². The van der Waals surface area contributed by atoms with Gasteiger partial charge < -0.3 is 14.6 Å². The van der Waals surface area contributed by atoms with Gasteiger partial charge in [0.2, 0.25) is 0 Å². The highest BCUT2D eigenvalue weighted by atomic mass is 19.1. The Hall–Kier alpha value is -2.83. The predicted octanol–water partition coefficient (Wildman–Crippen LogP) is 3.05. The molecule has 0 amide bonds. The number of esters is 1. The minimum absolute atomic E-state index is 0.156. The molecular formula is C20H23FN4O2. The third-order valence-electron chi connectivity index (χ3n) is 5.09. The summed E-state index contributed by atoms with van der Waals surface area (Å²) in [4.78, 5) is 12.1. The number of hydrogen-bond donors (Lipinski definition) is 1. The fourth-order valence-corrected chi connectivity index (χ4v) is 3.96. The van der Waals surface area contributed by atoms with Crippen molar-refractivity contribution in [1.82, 2.24) is 14.3 Å². The van der Waals surface area contributed by atoms with Crippen LogP contribution in [-0.4, -0.2) is 33.0 Å². The number of ether oxygens (including phenoxy) is 1. The highest BCUT2D eigenvalue weighted by Crippen LogP contribution is 2.33. The molecule has 0 saturated carbocycles. The lowest BCUT2D eigenvalue weighted by Gasteiger charge is -2.25. The molecule has 142 valence electrons. The van der Waals surface area contributed by atoms with E-state index in [2.05, 4.69) is 10.4 Å². The summed E-state index contributed by atoms with van der Waals surface area (Å²) in [7, 11) is 1.88. The number of carbonyl (C=O) groups is 1. The molecule has 1 aliphatic carbocycles. The van der Waals surface area contributed by atoms with E-state index in [-0.39, 0.29) is 24.4 Å². The van der Waals surface area contributed by atoms with Gasteiger partial charge in [-0.3, -0.25) is 9.48 Å². The maximum atomic E-state index is 13.9. The molecule has 1 aromatic carbocycles. The molecule has 2 aromatic heterocycles. The van der Waals surface area contributed by atoms with Crippen LogP contribution in [0, 0.1) is 5.82 Å². The number of carbonyl (C=O) groups excluding carboxylic acids is 1. The third kappa shape index (κ3) is 3.41. The van der Waals surface area contributed by atoms with Crippen molar-refractivity contribution in [3.05, 3.63) is 47.5 Å². The van der Waals surface area contributed by atoms with Gasteiger partial charge in [0.25, 0.3) is 0 Å². The van der Waals surface area contributed by atoms with Gasteiger partial charge in [0.05, 0.1) is 6.61 Å². The van der Waals surface area contributed by atoms with Gasteiger partial charge in [-0.25, -0.2) is 4.39 Å². The summed E-state index contributed by atoms with van der Waals surface area (Å²) in [5, 5.41) is 8.72. The maximum Gasteiger partial charge on any atom is 0.325 e. The van der Waals surface area contributed by atoms with Gasteiger partial charge in [-0.1, -0.05) is 0 Å². The predicted molar refractivity (Wildman–Crippen MR) is 101 cm³/mol. The Balaban J connectivity index is 1.68. The van der Waals surface area contributed by atoms with Gasteiger partial charge in [-0.05, 0) is 49.9 Å². The van der Waals surface area contributed by atoms with Crippen LogP contribution < -0.4 is 5.32 Å². The lowest BCUT2D eigenvalue weighted by Crippen LogP contribution is -2.28. The summed E-state index contributed by atoms with van der Waals surface area (Å²) in [6, 6.07) is 6.93. The molecule has 0 radical (unpaired) electrons. The SMILES string of the molecule is CCOC(=O)Cn1c2c(c3cc(F)ccc31)CC(Nc1ccn(C)n1)CC2. The number of benzene rings is 1. The van der Waals surface area contributed by atoms with E-state index in [0.29, 0.717) is 6.61 Å². The van der Waals surface area contributed by atoms with E-state index in [4.69, 9.17) is 4.74 Å². The molecule has 1 N–H and O–H groups in total. The molecule has 0 bridgehead atoms. The second-order valence-corrected chi connectivity index (χ2v) is 6.94. The van der Waals surface area contributed by atoms with Crippen molar-refractivity contribution in [2.75, 3.05) is 11.9 Å². The monoisotopic (exact) mass is 370 g/mol. The number of aryl methyl sites for hydroxylation is 1. The third-order valence-corrected chi connectivity index (χ3v) is 5.09. The van der Waals surface area contributed by atoms with Crippen LogP contribution >= 0.6 is 0 Å². The largest absolute Gasteiger partial charge is 0.465 e. The van der Waals surface area contributed by atoms with Crippen molar-refractivity contribution in [1.29, 1.82) is 0 Å². The van der Waals surface area contributed by atoms with Crippen LogP contribution in [0.2, 0.25) is 0 Å². The first-order chi connectivity index (χ1) is 13.0. The van der Waals surface area contributed by atoms with Gasteiger partial charge in [-0.15, -0.1) is 0 Å². The fourth-order valence-electron chi connectivity index (χ4n) is 3.96. The second-order valence-electron chi connectivity index (χ2n) is 6.94. The molecular weight excluding hydrogens is 347 g/mol. The molecule has 6 nitrogen and oxygen atoms in total. The van der Waals surface area contributed by atoms with Gasteiger partial charge >= 0.3 is 5.97 Å². The topological polar surface area (TPSA) is 61.1 Å². The highest BCUT2D eigenvalue weighted by molar-refractivity contribution is 5.87. The van der Waals surface area contributed by atoms with Crippen molar-refractivity contribution >= 4 is 22.7 Å². The first kappa shape index (κ1) is 17.6. The quantitative estimate of drug-likeness (QED) is 0.702. The van der Waals surface area contributed by atoms with Crippen LogP contribution in [0.25, 0.3) is 10.9 Å². The Kier molecular flexibility index (Phi) is 4.59. The van der Waals surface area contributed by atoms with E-state index in [1.165, 1.54) is 6.07 Å². The van der Waals surface area contributed by atoms with Gasteiger partial charge in [0.15, 0.2) is 0 Å². The molecule has 0 spiro atoms. The van der Waals surface area contributed by atoms with Crippen LogP contribution in [0.5, 0.6) is 0 Å². The van der Waals surface area contributed by atoms with Crippen LogP contribution in [0.15, 0.2) is 30.5 Å². The number of nitrogens with one attached hydrogen (secondary N) is 1. The Morgan fingerprint density at radius 2 is 2.26 bits per heavy atom. The summed E-state index contributed by atoms with van der Waals surface area (Å²) in [6.45, 7) is 2.30. The number of nitrogens with zero attached hydrogens (tertiary/aromatic N) is 3. The average Bonchev–Trinajstić information content (AvgIpc) is 3.17. The molecule has 7 heteroatoms. The van der Waals surface area contributed by atoms with Crippen LogP contribution in [0.1, 0.15) is 24.6 Å². The number of rotatable bonds is 5. The Morgan fingerprint density at radius 3 is 3.00 bits per heavy atom. The summed E-state index contributed by atoms with van der Waals surface area (Å²) in [5.41, 5.74) is 3.09. The molecule has 4 rings (SSSR count). The first-order valence-corrected chi connectivity index (χ1v) is 9.26. The van der Waals surface area contributed by atoms with Crippen molar-refractivity contribution in [2.24, 2.45) is 7.05 Å². The van der Waals surface area contributed by atoms with Crippen molar-refractivity contribution in [3.63, 3.8) is 0 Å². The number of fused-ring (bicyclic) bond motifs is 3. The molecule has 3 aromatic rings. The van der Waals surface area contributed by atoms with Crippen LogP contribution in [-0.2, 0) is 36.0 Å². The zero-order valence-corrected chi connectivity index (χ0v) is 15.5. The van der Waals surface area contributed by atoms with Crippen molar-refractivity contribution in [2.45, 2.75) is 38.8 Å². The average molecular weight is 370 g/mol. The van der Waals surface area contributed by atoms with Crippen molar-refractivity contribution in [3.8, 4) is 0 Å². The van der Waals surface area contributed by atoms with E-state index < -0.39 is 0 Å². The van der Waals surface area contributed by atoms with E-state index in [0.717, 1.165) is 47.2 Å². The smallest absolute Gasteiger partial charge is 0.325 e. The zero-order valence-electron chi connectivity index (χ0n) is 15.5. The van der Waals surface area contributed by atoms with Crippen molar-refractivity contribution < 1.29 is 13.9 Å². The zero-order chi connectivity index (χ0) is 19.0. The Labute approximate surface area is 156 Å². The van der Waals surface area contributed by atoms with E-state index in [1.54, 1.807) is 23.7 Å². The molecule has 0 aliphatic heterocycles. The van der Waals surface area contributed by atoms with Crippen LogP contribution in [0.4, 0.5) is 10.2 Å². The number of halogens is 1. The minimum Gasteiger partial charge on any atom is -0.465 e. The molecule has 27 heavy (non-hydrogen) atoms. The van der Waals surface area contributed by atoms with Gasteiger partial charge in [-0.2, -0.15) is 5.10 Å². The maximum absolute atomic E-state index is 13.9. The lowest BCUT2D eigenvalue weighted by molar-refractivity contribution is -0.143. The summed E-state index contributed by atoms with van der Waals surface area (Å²) >= 11 is 0. The molecule has 1 atom stereocenters. The molecule has 2 heterocycles. The lowest BCUT2D eigenvalue weighted by atomic mass is 9.91. The van der Waals surface area contributed by atoms with E-state index >= 15 is 0 Å². The van der Waals surface area contributed by atoms with E-state index in [9.17, 15) is 9.18 Å². The number of anilines is 1. The fraction of sp³-hybridized carbons (Fsp3) is 0.400. The number of hydrogen-bond acceptors (Lipinski definition) is 4. The standard InChI is InChI=1S/C20H23FN4O2/c1-3-27-20(26)12-25-17-6-4-13(21)10-15(17)16-11-14(5-7-18(16)25)22-19-8-9-24(2)23-19/h4,6,8-10,14H,3,5,7,11-12H2,1-2H3,(H,22,23). The molecule has 0 saturated heterocycles. The second kappa shape index (κ2) is 7.06. The summed E-state index contributed by atoms with van der Waals surface area (Å²) in [6.07, 6.45) is 4.40. The highest BCUT2D eigenvalue weighted by Gasteiger charge is 2.27. The first-order valence-electron chi connectivity index (χ1n) is 9.26. The number of aromatic nitrogens is 3. The van der Waals surface area contributed by atoms with Gasteiger partial charge in [0, 0.05) is 41.9 Å². The normalized spacial score (nSPS) is 16.3. The Morgan fingerprint density at radius 1 is 1.41 bits per heavy atom. The Bertz CT molecular complexity index is 991. The van der Waals surface area contributed by atoms with Crippen LogP contribution in [0.3, 0.4) is 0 Å². The minimum atomic E-state index is -0.268. The molecule has 1 aliphatic rings. The summed E-state index contributed by atoms with van der Waals surface area (Å²) < 4.78 is 22.8. The molecule has 1 unspecified atom stereocenters. The molecule has 0 fully saturated rings.